The highest BCUT2D eigenvalue weighted by Gasteiger charge is 2.33. The summed E-state index contributed by atoms with van der Waals surface area (Å²) in [5, 5.41) is 0. The van der Waals surface area contributed by atoms with Gasteiger partial charge in [0, 0.05) is 58.6 Å². The maximum absolute atomic E-state index is 15.3. The molecule has 2 saturated heterocycles. The molecule has 2 aliphatic heterocycles. The molecule has 0 spiro atoms. The molecule has 3 atom stereocenters. The number of hydrogen-bond donors (Lipinski definition) is 2. The van der Waals surface area contributed by atoms with Crippen LogP contribution < -0.4 is 16.4 Å². The number of hydrogen-bond acceptors (Lipinski definition) is 6. The number of nitrogens with zero attached hydrogens (tertiary/aromatic N) is 5. The molecule has 3 rings (SSSR count). The lowest BCUT2D eigenvalue weighted by Crippen LogP contribution is -2.57. The monoisotopic (exact) mass is 557 g/mol. The highest BCUT2D eigenvalue weighted by molar-refractivity contribution is 5.94. The Kier molecular flexibility index (Phi) is 11.2. The number of rotatable bonds is 11. The third-order valence-corrected chi connectivity index (χ3v) is 8.20. The number of amides is 2. The predicted molar refractivity (Wildman–Crippen MR) is 160 cm³/mol. The maximum atomic E-state index is 15.3. The number of nitrogens with two attached hydrogens (primary N) is 2. The largest absolute Gasteiger partial charge is 0.353 e. The maximum Gasteiger partial charge on any atom is 0.242 e. The van der Waals surface area contributed by atoms with Gasteiger partial charge in [-0.25, -0.2) is 4.39 Å². The van der Waals surface area contributed by atoms with Crippen molar-refractivity contribution in [3.63, 3.8) is 0 Å². The number of anilines is 1. The molecule has 0 bridgehead atoms. The average Bonchev–Trinajstić information content (AvgIpc) is 3.31. The van der Waals surface area contributed by atoms with Crippen molar-refractivity contribution in [2.24, 2.45) is 28.3 Å². The minimum Gasteiger partial charge on any atom is -0.353 e. The van der Waals surface area contributed by atoms with Crippen LogP contribution in [-0.2, 0) is 16.0 Å². The Morgan fingerprint density at radius 1 is 1.23 bits per heavy atom. The van der Waals surface area contributed by atoms with Gasteiger partial charge in [0.25, 0.3) is 0 Å². The van der Waals surface area contributed by atoms with Gasteiger partial charge in [0.2, 0.25) is 12.3 Å². The van der Waals surface area contributed by atoms with Crippen molar-refractivity contribution in [3.8, 4) is 0 Å². The Balaban J connectivity index is 1.65. The Morgan fingerprint density at radius 2 is 1.90 bits per heavy atom. The van der Waals surface area contributed by atoms with Gasteiger partial charge in [-0.15, -0.1) is 0 Å². The summed E-state index contributed by atoms with van der Waals surface area (Å²) in [4.78, 5) is 36.4. The van der Waals surface area contributed by atoms with Gasteiger partial charge in [0.15, 0.2) is 0 Å². The highest BCUT2D eigenvalue weighted by Crippen LogP contribution is 2.28. The summed E-state index contributed by atoms with van der Waals surface area (Å²) < 4.78 is 15.3. The Hall–Kier alpha value is -2.82. The van der Waals surface area contributed by atoms with Gasteiger partial charge in [-0.3, -0.25) is 24.4 Å². The van der Waals surface area contributed by atoms with Crippen molar-refractivity contribution in [2.45, 2.75) is 58.5 Å². The summed E-state index contributed by atoms with van der Waals surface area (Å²) in [5.74, 6) is 1.33. The summed E-state index contributed by atoms with van der Waals surface area (Å²) in [6.45, 7) is 12.7. The standard InChI is InChI=1S/C30H48FN7O2/c1-6-7-25(38-19-22(2)24(18-32)20-38)16-23-8-9-26(17-27(23)31)37(21-39)11-10-28(34-5)35-12-14-36(15-13-35)29(40)30(3,4)33/h8-11,17,21-22,24-25H,6-7,12-16,18-20,32-33H2,1-5H3/b11-10-,34-28+/t22?,24-,25?/m1/s1. The summed E-state index contributed by atoms with van der Waals surface area (Å²) >= 11 is 0. The van der Waals surface area contributed by atoms with E-state index in [2.05, 4.69) is 28.6 Å². The van der Waals surface area contributed by atoms with E-state index < -0.39 is 5.54 Å². The zero-order valence-corrected chi connectivity index (χ0v) is 24.9. The number of benzene rings is 1. The number of aliphatic imine (C=N–C) groups is 1. The van der Waals surface area contributed by atoms with Crippen LogP contribution in [0.4, 0.5) is 10.1 Å². The van der Waals surface area contributed by atoms with Crippen LogP contribution in [0.25, 0.3) is 0 Å². The van der Waals surface area contributed by atoms with Crippen LogP contribution in [0.3, 0.4) is 0 Å². The Morgan fingerprint density at radius 3 is 2.42 bits per heavy atom. The van der Waals surface area contributed by atoms with Gasteiger partial charge in [-0.2, -0.15) is 0 Å². The van der Waals surface area contributed by atoms with Gasteiger partial charge in [0.1, 0.15) is 11.7 Å². The number of piperazine rings is 1. The highest BCUT2D eigenvalue weighted by atomic mass is 19.1. The lowest BCUT2D eigenvalue weighted by molar-refractivity contribution is -0.137. The van der Waals surface area contributed by atoms with E-state index in [1.807, 2.05) is 0 Å². The van der Waals surface area contributed by atoms with Crippen molar-refractivity contribution in [3.05, 3.63) is 41.9 Å². The number of amidine groups is 1. The summed E-state index contributed by atoms with van der Waals surface area (Å²) in [6, 6.07) is 5.27. The van der Waals surface area contributed by atoms with E-state index in [1.165, 1.54) is 11.0 Å². The smallest absolute Gasteiger partial charge is 0.242 e. The van der Waals surface area contributed by atoms with Gasteiger partial charge in [0.05, 0.1) is 11.2 Å². The van der Waals surface area contributed by atoms with Crippen LogP contribution in [-0.4, -0.2) is 97.3 Å². The molecule has 2 amide bonds. The van der Waals surface area contributed by atoms with Crippen LogP contribution in [0.1, 0.15) is 46.1 Å². The van der Waals surface area contributed by atoms with E-state index in [0.29, 0.717) is 74.5 Å². The van der Waals surface area contributed by atoms with Crippen molar-refractivity contribution < 1.29 is 14.0 Å². The molecular weight excluding hydrogens is 509 g/mol. The molecule has 0 aromatic heterocycles. The van der Waals surface area contributed by atoms with Crippen LogP contribution in [0.2, 0.25) is 0 Å². The fourth-order valence-electron chi connectivity index (χ4n) is 5.74. The van der Waals surface area contributed by atoms with E-state index in [-0.39, 0.29) is 17.8 Å². The molecule has 222 valence electrons. The van der Waals surface area contributed by atoms with E-state index >= 15 is 4.39 Å². The van der Waals surface area contributed by atoms with Crippen LogP contribution in [0.15, 0.2) is 35.5 Å². The molecule has 2 aliphatic rings. The zero-order chi connectivity index (χ0) is 29.4. The van der Waals surface area contributed by atoms with Crippen LogP contribution in [0, 0.1) is 17.7 Å². The summed E-state index contributed by atoms with van der Waals surface area (Å²) in [7, 11) is 1.68. The van der Waals surface area contributed by atoms with E-state index in [4.69, 9.17) is 11.5 Å². The van der Waals surface area contributed by atoms with Gasteiger partial charge in [-0.05, 0) is 68.8 Å². The zero-order valence-electron chi connectivity index (χ0n) is 24.9. The second-order valence-corrected chi connectivity index (χ2v) is 11.8. The lowest BCUT2D eigenvalue weighted by atomic mass is 9.99. The normalized spacial score (nSPS) is 21.8. The second kappa shape index (κ2) is 14.2. The number of halogens is 1. The molecule has 2 heterocycles. The van der Waals surface area contributed by atoms with E-state index in [9.17, 15) is 9.59 Å². The number of carbonyl (C=O) groups excluding carboxylic acids is 2. The first kappa shape index (κ1) is 31.7. The molecule has 4 N–H and O–H groups in total. The molecule has 2 fully saturated rings. The number of carbonyl (C=O) groups is 2. The lowest BCUT2D eigenvalue weighted by Gasteiger charge is -2.38. The molecule has 1 aromatic rings. The van der Waals surface area contributed by atoms with Gasteiger partial charge >= 0.3 is 0 Å². The molecule has 0 radical (unpaired) electrons. The van der Waals surface area contributed by atoms with Crippen molar-refractivity contribution in [2.75, 3.05) is 57.8 Å². The topological polar surface area (TPSA) is 112 Å². The first-order chi connectivity index (χ1) is 19.0. The first-order valence-corrected chi connectivity index (χ1v) is 14.5. The Labute approximate surface area is 239 Å². The molecule has 40 heavy (non-hydrogen) atoms. The molecule has 10 heteroatoms. The SMILES string of the molecule is CCCC(Cc1ccc(N(C=O)/C=C\C(=N/C)N2CCN(C(=O)C(C)(C)N)CC2)cc1F)N1CC(C)[C@H](CN)C1. The van der Waals surface area contributed by atoms with Crippen molar-refractivity contribution >= 4 is 23.8 Å². The number of likely N-dealkylation sites (tertiary alicyclic amines) is 1. The second-order valence-electron chi connectivity index (χ2n) is 11.8. The molecule has 9 nitrogen and oxygen atoms in total. The van der Waals surface area contributed by atoms with E-state index in [0.717, 1.165) is 25.9 Å². The average molecular weight is 558 g/mol. The third kappa shape index (κ3) is 7.89. The summed E-state index contributed by atoms with van der Waals surface area (Å²) in [5.41, 5.74) is 12.1. The molecule has 1 aromatic carbocycles. The van der Waals surface area contributed by atoms with Gasteiger partial charge in [-0.1, -0.05) is 26.3 Å². The first-order valence-electron chi connectivity index (χ1n) is 14.5. The van der Waals surface area contributed by atoms with Crippen LogP contribution >= 0.6 is 0 Å². The molecule has 0 saturated carbocycles. The minimum absolute atomic E-state index is 0.0777. The molecule has 0 aliphatic carbocycles. The molecular formula is C30H48FN7O2. The van der Waals surface area contributed by atoms with Crippen molar-refractivity contribution in [1.82, 2.24) is 14.7 Å². The Bertz CT molecular complexity index is 1060. The predicted octanol–water partition coefficient (Wildman–Crippen LogP) is 2.45. The minimum atomic E-state index is -0.907. The third-order valence-electron chi connectivity index (χ3n) is 8.20. The van der Waals surface area contributed by atoms with E-state index in [1.54, 1.807) is 50.2 Å². The summed E-state index contributed by atoms with van der Waals surface area (Å²) in [6.07, 6.45) is 6.66. The van der Waals surface area contributed by atoms with Crippen molar-refractivity contribution in [1.29, 1.82) is 0 Å². The quantitative estimate of drug-likeness (QED) is 0.246. The fourth-order valence-corrected chi connectivity index (χ4v) is 5.74. The van der Waals surface area contributed by atoms with Gasteiger partial charge < -0.3 is 21.3 Å². The fraction of sp³-hybridized carbons (Fsp3) is 0.633. The molecule has 2 unspecified atom stereocenters. The van der Waals surface area contributed by atoms with Crippen LogP contribution in [0.5, 0.6) is 0 Å².